The number of carbonyl (C=O) groups excluding carboxylic acids is 1. The van der Waals surface area contributed by atoms with Crippen molar-refractivity contribution in [1.29, 1.82) is 0 Å². The molecule has 1 aromatic rings. The first kappa shape index (κ1) is 15.5. The van der Waals surface area contributed by atoms with Crippen LogP contribution >= 0.6 is 0 Å². The second-order valence-electron chi connectivity index (χ2n) is 5.13. The van der Waals surface area contributed by atoms with Crippen LogP contribution in [0.15, 0.2) is 24.3 Å². The molecule has 106 valence electrons. The van der Waals surface area contributed by atoms with Crippen LogP contribution in [-0.2, 0) is 0 Å². The number of hydrogen-bond donors (Lipinski definition) is 2. The van der Waals surface area contributed by atoms with Gasteiger partial charge in [-0.05, 0) is 44.2 Å². The van der Waals surface area contributed by atoms with Crippen molar-refractivity contribution in [3.05, 3.63) is 29.8 Å². The molecule has 0 bridgehead atoms. The highest BCUT2D eigenvalue weighted by Crippen LogP contribution is 2.13. The lowest BCUT2D eigenvalue weighted by Gasteiger charge is -2.12. The maximum atomic E-state index is 11.9. The monoisotopic (exact) mass is 264 g/mol. The minimum Gasteiger partial charge on any atom is -0.493 e. The zero-order valence-electron chi connectivity index (χ0n) is 12.2. The molecule has 0 heterocycles. The smallest absolute Gasteiger partial charge is 0.251 e. The van der Waals surface area contributed by atoms with Gasteiger partial charge in [-0.3, -0.25) is 4.79 Å². The summed E-state index contributed by atoms with van der Waals surface area (Å²) >= 11 is 0. The van der Waals surface area contributed by atoms with Crippen molar-refractivity contribution < 1.29 is 9.53 Å². The molecule has 0 aliphatic heterocycles. The van der Waals surface area contributed by atoms with Crippen molar-refractivity contribution in [2.75, 3.05) is 20.2 Å². The zero-order chi connectivity index (χ0) is 14.3. The third kappa shape index (κ3) is 5.75. The van der Waals surface area contributed by atoms with E-state index in [1.165, 1.54) is 0 Å². The van der Waals surface area contributed by atoms with E-state index in [0.717, 1.165) is 5.75 Å². The molecule has 0 aliphatic rings. The number of amides is 1. The molecular weight excluding hydrogens is 240 g/mol. The molecule has 1 rings (SSSR count). The van der Waals surface area contributed by atoms with Crippen LogP contribution < -0.4 is 15.4 Å². The molecular formula is C15H24N2O2. The molecule has 0 fully saturated rings. The first-order chi connectivity index (χ1) is 9.02. The Bertz CT molecular complexity index is 388. The summed E-state index contributed by atoms with van der Waals surface area (Å²) in [5, 5.41) is 5.95. The van der Waals surface area contributed by atoms with Gasteiger partial charge in [-0.2, -0.15) is 0 Å². The van der Waals surface area contributed by atoms with Gasteiger partial charge in [0.1, 0.15) is 5.75 Å². The second-order valence-corrected chi connectivity index (χ2v) is 5.13. The third-order valence-corrected chi connectivity index (χ3v) is 2.76. The van der Waals surface area contributed by atoms with Gasteiger partial charge in [0.25, 0.3) is 5.91 Å². The van der Waals surface area contributed by atoms with Crippen molar-refractivity contribution in [1.82, 2.24) is 10.6 Å². The lowest BCUT2D eigenvalue weighted by Crippen LogP contribution is -2.37. The Hall–Kier alpha value is -1.55. The molecule has 0 radical (unpaired) electrons. The first-order valence-corrected chi connectivity index (χ1v) is 6.71. The van der Waals surface area contributed by atoms with Gasteiger partial charge in [0.05, 0.1) is 6.61 Å². The van der Waals surface area contributed by atoms with E-state index in [2.05, 4.69) is 24.5 Å². The van der Waals surface area contributed by atoms with Gasteiger partial charge in [-0.25, -0.2) is 0 Å². The lowest BCUT2D eigenvalue weighted by molar-refractivity contribution is 0.0950. The lowest BCUT2D eigenvalue weighted by atomic mass is 10.2. The number of nitrogens with one attached hydrogen (secondary N) is 2. The van der Waals surface area contributed by atoms with Crippen LogP contribution in [0.4, 0.5) is 0 Å². The predicted molar refractivity (Wildman–Crippen MR) is 77.6 cm³/mol. The quantitative estimate of drug-likeness (QED) is 0.792. The largest absolute Gasteiger partial charge is 0.493 e. The van der Waals surface area contributed by atoms with Crippen molar-refractivity contribution >= 4 is 5.91 Å². The second kappa shape index (κ2) is 7.79. The van der Waals surface area contributed by atoms with E-state index in [0.29, 0.717) is 24.6 Å². The molecule has 0 aliphatic carbocycles. The van der Waals surface area contributed by atoms with E-state index in [1.54, 1.807) is 12.1 Å². The molecule has 0 spiro atoms. The molecule has 4 nitrogen and oxygen atoms in total. The zero-order valence-corrected chi connectivity index (χ0v) is 12.2. The van der Waals surface area contributed by atoms with Crippen LogP contribution in [0.1, 0.15) is 31.1 Å². The molecule has 2 N–H and O–H groups in total. The fourth-order valence-corrected chi connectivity index (χ4v) is 1.42. The highest BCUT2D eigenvalue weighted by atomic mass is 16.5. The minimum absolute atomic E-state index is 0.0579. The van der Waals surface area contributed by atoms with E-state index in [1.807, 2.05) is 26.1 Å². The Morgan fingerprint density at radius 2 is 1.84 bits per heavy atom. The van der Waals surface area contributed by atoms with Crippen LogP contribution in [0.25, 0.3) is 0 Å². The molecule has 1 atom stereocenters. The summed E-state index contributed by atoms with van der Waals surface area (Å²) in [6.45, 7) is 7.52. The summed E-state index contributed by atoms with van der Waals surface area (Å²) in [6, 6.07) is 7.50. The average Bonchev–Trinajstić information content (AvgIpc) is 2.42. The Morgan fingerprint density at radius 3 is 2.37 bits per heavy atom. The average molecular weight is 264 g/mol. The van der Waals surface area contributed by atoms with Gasteiger partial charge in [0.15, 0.2) is 0 Å². The van der Waals surface area contributed by atoms with Gasteiger partial charge >= 0.3 is 0 Å². The minimum atomic E-state index is -0.0579. The van der Waals surface area contributed by atoms with Gasteiger partial charge < -0.3 is 15.4 Å². The Balaban J connectivity index is 2.48. The van der Waals surface area contributed by atoms with Crippen LogP contribution in [-0.4, -0.2) is 32.1 Å². The van der Waals surface area contributed by atoms with E-state index in [9.17, 15) is 4.79 Å². The number of benzene rings is 1. The summed E-state index contributed by atoms with van der Waals surface area (Å²) < 4.78 is 5.58. The topological polar surface area (TPSA) is 50.4 Å². The normalized spacial score (nSPS) is 12.3. The Labute approximate surface area is 115 Å². The fraction of sp³-hybridized carbons (Fsp3) is 0.533. The van der Waals surface area contributed by atoms with Crippen LogP contribution in [0.3, 0.4) is 0 Å². The van der Waals surface area contributed by atoms with E-state index in [-0.39, 0.29) is 11.9 Å². The number of carbonyl (C=O) groups is 1. The number of likely N-dealkylation sites (N-methyl/N-ethyl adjacent to an activating group) is 1. The van der Waals surface area contributed by atoms with Crippen molar-refractivity contribution in [3.8, 4) is 5.75 Å². The molecule has 0 saturated heterocycles. The van der Waals surface area contributed by atoms with Crippen LogP contribution in [0.5, 0.6) is 5.75 Å². The fourth-order valence-electron chi connectivity index (χ4n) is 1.42. The summed E-state index contributed by atoms with van der Waals surface area (Å²) in [4.78, 5) is 11.9. The van der Waals surface area contributed by atoms with E-state index in [4.69, 9.17) is 4.74 Å². The van der Waals surface area contributed by atoms with Crippen LogP contribution in [0.2, 0.25) is 0 Å². The van der Waals surface area contributed by atoms with Gasteiger partial charge in [-0.15, -0.1) is 0 Å². The van der Waals surface area contributed by atoms with Crippen LogP contribution in [0, 0.1) is 5.92 Å². The molecule has 4 heteroatoms. The van der Waals surface area contributed by atoms with Crippen molar-refractivity contribution in [3.63, 3.8) is 0 Å². The molecule has 19 heavy (non-hydrogen) atoms. The van der Waals surface area contributed by atoms with Gasteiger partial charge in [0.2, 0.25) is 0 Å². The molecule has 1 unspecified atom stereocenters. The van der Waals surface area contributed by atoms with E-state index < -0.39 is 0 Å². The van der Waals surface area contributed by atoms with Gasteiger partial charge in [0, 0.05) is 18.2 Å². The predicted octanol–water partition coefficient (Wildman–Crippen LogP) is 2.06. The highest BCUT2D eigenvalue weighted by molar-refractivity contribution is 5.94. The standard InChI is InChI=1S/C15H24N2O2/c1-11(2)10-19-14-7-5-13(6-8-14)15(18)17-9-12(3)16-4/h5-8,11-12,16H,9-10H2,1-4H3,(H,17,18). The number of hydrogen-bond acceptors (Lipinski definition) is 3. The number of rotatable bonds is 7. The SMILES string of the molecule is CNC(C)CNC(=O)c1ccc(OCC(C)C)cc1. The first-order valence-electron chi connectivity index (χ1n) is 6.71. The van der Waals surface area contributed by atoms with Crippen molar-refractivity contribution in [2.24, 2.45) is 5.92 Å². The molecule has 0 saturated carbocycles. The molecule has 1 aromatic carbocycles. The molecule has 1 amide bonds. The summed E-state index contributed by atoms with van der Waals surface area (Å²) in [5.74, 6) is 1.23. The maximum Gasteiger partial charge on any atom is 0.251 e. The summed E-state index contributed by atoms with van der Waals surface area (Å²) in [7, 11) is 1.87. The highest BCUT2D eigenvalue weighted by Gasteiger charge is 2.07. The Morgan fingerprint density at radius 1 is 1.21 bits per heavy atom. The van der Waals surface area contributed by atoms with Crippen molar-refractivity contribution in [2.45, 2.75) is 26.8 Å². The summed E-state index contributed by atoms with van der Waals surface area (Å²) in [6.07, 6.45) is 0. The molecule has 0 aromatic heterocycles. The number of ether oxygens (including phenoxy) is 1. The van der Waals surface area contributed by atoms with Gasteiger partial charge in [-0.1, -0.05) is 13.8 Å². The third-order valence-electron chi connectivity index (χ3n) is 2.76. The summed E-state index contributed by atoms with van der Waals surface area (Å²) in [5.41, 5.74) is 0.653. The Kier molecular flexibility index (Phi) is 6.36. The maximum absolute atomic E-state index is 11.9. The van der Waals surface area contributed by atoms with E-state index >= 15 is 0 Å².